The molecule has 2 rings (SSSR count). The molecule has 16 heavy (non-hydrogen) atoms. The fourth-order valence-corrected chi connectivity index (χ4v) is 2.60. The van der Waals surface area contributed by atoms with Crippen LogP contribution in [0, 0.1) is 13.8 Å². The van der Waals surface area contributed by atoms with Gasteiger partial charge in [-0.1, -0.05) is 29.8 Å². The Bertz CT molecular complexity index is 480. The summed E-state index contributed by atoms with van der Waals surface area (Å²) in [4.78, 5) is 1.30. The molecule has 84 valence electrons. The molecule has 0 radical (unpaired) electrons. The topological polar surface area (TPSA) is 26.0 Å². The third-order valence-corrected chi connectivity index (χ3v) is 3.84. The normalized spacial score (nSPS) is 14.8. The van der Waals surface area contributed by atoms with Crippen molar-refractivity contribution >= 4 is 11.3 Å². The van der Waals surface area contributed by atoms with Gasteiger partial charge in [-0.2, -0.15) is 0 Å². The predicted octanol–water partition coefficient (Wildman–Crippen LogP) is 3.59. The Hall–Kier alpha value is -1.12. The molecule has 2 N–H and O–H groups in total. The lowest BCUT2D eigenvalue weighted by Gasteiger charge is -2.24. The number of hydrogen-bond donors (Lipinski definition) is 1. The maximum atomic E-state index is 6.43. The highest BCUT2D eigenvalue weighted by molar-refractivity contribution is 7.10. The van der Waals surface area contributed by atoms with Crippen LogP contribution in [0.15, 0.2) is 35.7 Å². The highest BCUT2D eigenvalue weighted by Crippen LogP contribution is 2.29. The van der Waals surface area contributed by atoms with Crippen LogP contribution in [-0.4, -0.2) is 0 Å². The molecule has 1 atom stereocenters. The van der Waals surface area contributed by atoms with E-state index < -0.39 is 5.54 Å². The summed E-state index contributed by atoms with van der Waals surface area (Å²) in [5.41, 5.74) is 9.66. The van der Waals surface area contributed by atoms with Gasteiger partial charge in [0.15, 0.2) is 0 Å². The summed E-state index contributed by atoms with van der Waals surface area (Å²) in [5.74, 6) is 0. The minimum Gasteiger partial charge on any atom is -0.318 e. The molecule has 0 aliphatic rings. The van der Waals surface area contributed by atoms with Crippen LogP contribution in [0.4, 0.5) is 0 Å². The molecule has 1 unspecified atom stereocenters. The van der Waals surface area contributed by atoms with Gasteiger partial charge in [-0.05, 0) is 43.3 Å². The van der Waals surface area contributed by atoms with E-state index in [1.165, 1.54) is 16.0 Å². The molecular weight excluding hydrogens is 214 g/mol. The van der Waals surface area contributed by atoms with E-state index in [1.807, 2.05) is 0 Å². The molecule has 1 aromatic carbocycles. The summed E-state index contributed by atoms with van der Waals surface area (Å²) in [6.07, 6.45) is 0. The van der Waals surface area contributed by atoms with Crippen LogP contribution in [0.2, 0.25) is 0 Å². The van der Waals surface area contributed by atoms with Gasteiger partial charge in [0.05, 0.1) is 5.54 Å². The van der Waals surface area contributed by atoms with Crippen molar-refractivity contribution in [3.05, 3.63) is 57.3 Å². The van der Waals surface area contributed by atoms with Crippen LogP contribution in [-0.2, 0) is 5.54 Å². The summed E-state index contributed by atoms with van der Waals surface area (Å²) in [6, 6.07) is 10.6. The van der Waals surface area contributed by atoms with Crippen LogP contribution >= 0.6 is 11.3 Å². The predicted molar refractivity (Wildman–Crippen MR) is 70.9 cm³/mol. The second-order valence-electron chi connectivity index (χ2n) is 4.51. The van der Waals surface area contributed by atoms with Gasteiger partial charge in [-0.15, -0.1) is 11.3 Å². The Kier molecular flexibility index (Phi) is 2.87. The first-order chi connectivity index (χ1) is 7.50. The van der Waals surface area contributed by atoms with Crippen molar-refractivity contribution in [2.45, 2.75) is 26.3 Å². The lowest BCUT2D eigenvalue weighted by Crippen LogP contribution is -2.33. The lowest BCUT2D eigenvalue weighted by molar-refractivity contribution is 0.605. The molecule has 0 spiro atoms. The first-order valence-corrected chi connectivity index (χ1v) is 6.30. The Morgan fingerprint density at radius 2 is 1.69 bits per heavy atom. The molecule has 1 aromatic heterocycles. The lowest BCUT2D eigenvalue weighted by atomic mass is 9.87. The second-order valence-corrected chi connectivity index (χ2v) is 5.63. The zero-order valence-corrected chi connectivity index (χ0v) is 10.8. The Morgan fingerprint density at radius 1 is 1.06 bits per heavy atom. The van der Waals surface area contributed by atoms with E-state index in [2.05, 4.69) is 56.5 Å². The van der Waals surface area contributed by atoms with E-state index in [4.69, 9.17) is 5.73 Å². The van der Waals surface area contributed by atoms with E-state index in [0.717, 1.165) is 5.56 Å². The minimum absolute atomic E-state index is 0.390. The number of rotatable bonds is 2. The van der Waals surface area contributed by atoms with Crippen LogP contribution in [0.25, 0.3) is 0 Å². The van der Waals surface area contributed by atoms with E-state index in [0.29, 0.717) is 0 Å². The number of aryl methyl sites for hydroxylation is 2. The van der Waals surface area contributed by atoms with Gasteiger partial charge in [0.2, 0.25) is 0 Å². The highest BCUT2D eigenvalue weighted by Gasteiger charge is 2.24. The number of hydrogen-bond acceptors (Lipinski definition) is 2. The quantitative estimate of drug-likeness (QED) is 0.840. The molecule has 1 nitrogen and oxygen atoms in total. The Balaban J connectivity index is 2.42. The maximum absolute atomic E-state index is 6.43. The van der Waals surface area contributed by atoms with Gasteiger partial charge in [0.25, 0.3) is 0 Å². The SMILES string of the molecule is Cc1ccc(C(C)(N)c2csc(C)c2)cc1. The summed E-state index contributed by atoms with van der Waals surface area (Å²) in [5, 5.41) is 2.15. The summed E-state index contributed by atoms with van der Waals surface area (Å²) in [7, 11) is 0. The standard InChI is InChI=1S/C14H17NS/c1-10-4-6-12(7-5-10)14(3,15)13-8-11(2)16-9-13/h4-9H,15H2,1-3H3. The molecule has 2 aromatic rings. The van der Waals surface area contributed by atoms with Crippen molar-refractivity contribution in [1.29, 1.82) is 0 Å². The first-order valence-electron chi connectivity index (χ1n) is 5.42. The number of benzene rings is 1. The third-order valence-electron chi connectivity index (χ3n) is 2.98. The second kappa shape index (κ2) is 4.04. The zero-order valence-electron chi connectivity index (χ0n) is 9.95. The Morgan fingerprint density at radius 3 is 2.19 bits per heavy atom. The number of thiophene rings is 1. The van der Waals surface area contributed by atoms with Gasteiger partial charge in [0, 0.05) is 4.88 Å². The van der Waals surface area contributed by atoms with E-state index in [1.54, 1.807) is 11.3 Å². The van der Waals surface area contributed by atoms with Gasteiger partial charge in [0.1, 0.15) is 0 Å². The first kappa shape index (κ1) is 11.4. The van der Waals surface area contributed by atoms with Crippen LogP contribution < -0.4 is 5.73 Å². The van der Waals surface area contributed by atoms with Crippen LogP contribution in [0.1, 0.15) is 28.5 Å². The molecular formula is C14H17NS. The third kappa shape index (κ3) is 2.04. The van der Waals surface area contributed by atoms with Crippen molar-refractivity contribution in [2.24, 2.45) is 5.73 Å². The molecule has 0 amide bonds. The van der Waals surface area contributed by atoms with Crippen molar-refractivity contribution in [2.75, 3.05) is 0 Å². The van der Waals surface area contributed by atoms with Crippen LogP contribution in [0.3, 0.4) is 0 Å². The zero-order chi connectivity index (χ0) is 11.8. The van der Waals surface area contributed by atoms with Crippen molar-refractivity contribution in [3.63, 3.8) is 0 Å². The Labute approximate surface area is 101 Å². The summed E-state index contributed by atoms with van der Waals surface area (Å²) >= 11 is 1.75. The molecule has 0 bridgehead atoms. The summed E-state index contributed by atoms with van der Waals surface area (Å²) in [6.45, 7) is 6.27. The molecule has 2 heteroatoms. The minimum atomic E-state index is -0.390. The van der Waals surface area contributed by atoms with E-state index in [9.17, 15) is 0 Å². The maximum Gasteiger partial charge on any atom is 0.0645 e. The van der Waals surface area contributed by atoms with E-state index >= 15 is 0 Å². The molecule has 0 aliphatic carbocycles. The van der Waals surface area contributed by atoms with Crippen LogP contribution in [0.5, 0.6) is 0 Å². The fraction of sp³-hybridized carbons (Fsp3) is 0.286. The highest BCUT2D eigenvalue weighted by atomic mass is 32.1. The van der Waals surface area contributed by atoms with Crippen molar-refractivity contribution in [1.82, 2.24) is 0 Å². The van der Waals surface area contributed by atoms with Gasteiger partial charge < -0.3 is 5.73 Å². The monoisotopic (exact) mass is 231 g/mol. The molecule has 0 aliphatic heterocycles. The largest absolute Gasteiger partial charge is 0.318 e. The average Bonchev–Trinajstić information content (AvgIpc) is 2.66. The average molecular weight is 231 g/mol. The van der Waals surface area contributed by atoms with E-state index in [-0.39, 0.29) is 0 Å². The van der Waals surface area contributed by atoms with Crippen molar-refractivity contribution < 1.29 is 0 Å². The van der Waals surface area contributed by atoms with Crippen molar-refractivity contribution in [3.8, 4) is 0 Å². The van der Waals surface area contributed by atoms with Gasteiger partial charge >= 0.3 is 0 Å². The fourth-order valence-electron chi connectivity index (χ4n) is 1.78. The molecule has 0 saturated carbocycles. The smallest absolute Gasteiger partial charge is 0.0645 e. The van der Waals surface area contributed by atoms with Gasteiger partial charge in [-0.3, -0.25) is 0 Å². The number of nitrogens with two attached hydrogens (primary N) is 1. The van der Waals surface area contributed by atoms with Gasteiger partial charge in [-0.25, -0.2) is 0 Å². The molecule has 0 fully saturated rings. The molecule has 0 saturated heterocycles. The molecule has 1 heterocycles. The summed E-state index contributed by atoms with van der Waals surface area (Å²) < 4.78 is 0.